The molecule has 1 aromatic rings. The van der Waals surface area contributed by atoms with Gasteiger partial charge in [0.2, 0.25) is 0 Å². The third-order valence-electron chi connectivity index (χ3n) is 1.92. The first-order valence-electron chi connectivity index (χ1n) is 4.36. The highest BCUT2D eigenvalue weighted by atomic mass is 14.7. The summed E-state index contributed by atoms with van der Waals surface area (Å²) in [5, 5.41) is 0. The van der Waals surface area contributed by atoms with E-state index in [-0.39, 0.29) is 6.04 Å². The second kappa shape index (κ2) is 3.68. The Bertz CT molecular complexity index is 267. The zero-order valence-corrected chi connectivity index (χ0v) is 7.96. The van der Waals surface area contributed by atoms with E-state index in [1.165, 1.54) is 5.56 Å². The van der Waals surface area contributed by atoms with Gasteiger partial charge in [0.1, 0.15) is 0 Å². The van der Waals surface area contributed by atoms with Crippen LogP contribution in [0.2, 0.25) is 0 Å². The average molecular weight is 164 g/mol. The molecule has 0 spiro atoms. The summed E-state index contributed by atoms with van der Waals surface area (Å²) in [5.41, 5.74) is 9.14. The van der Waals surface area contributed by atoms with Crippen LogP contribution < -0.4 is 5.73 Å². The van der Waals surface area contributed by atoms with Crippen molar-refractivity contribution in [1.29, 1.82) is 0 Å². The van der Waals surface area contributed by atoms with Crippen LogP contribution in [0.25, 0.3) is 0 Å². The van der Waals surface area contributed by atoms with E-state index >= 15 is 0 Å². The molecule has 12 heavy (non-hydrogen) atoms. The van der Waals surface area contributed by atoms with Gasteiger partial charge in [-0.15, -0.1) is 0 Å². The van der Waals surface area contributed by atoms with E-state index in [0.29, 0.717) is 0 Å². The number of hydrogen-bond acceptors (Lipinski definition) is 2. The topological polar surface area (TPSA) is 38.9 Å². The van der Waals surface area contributed by atoms with E-state index in [1.807, 2.05) is 19.9 Å². The first-order valence-corrected chi connectivity index (χ1v) is 4.36. The zero-order chi connectivity index (χ0) is 9.14. The molecule has 66 valence electrons. The predicted octanol–water partition coefficient (Wildman–Crippen LogP) is 1.97. The fraction of sp³-hybridized carbons (Fsp3) is 0.500. The van der Waals surface area contributed by atoms with Crippen LogP contribution in [0, 0.1) is 6.92 Å². The third kappa shape index (κ3) is 2.05. The summed E-state index contributed by atoms with van der Waals surface area (Å²) in [6.07, 6.45) is 0.974. The van der Waals surface area contributed by atoms with E-state index in [1.54, 1.807) is 0 Å². The van der Waals surface area contributed by atoms with Crippen LogP contribution in [-0.4, -0.2) is 4.98 Å². The van der Waals surface area contributed by atoms with Gasteiger partial charge in [0.15, 0.2) is 0 Å². The molecule has 1 rings (SSSR count). The maximum absolute atomic E-state index is 5.78. The molecule has 1 heterocycles. The summed E-state index contributed by atoms with van der Waals surface area (Å²) >= 11 is 0. The molecule has 0 aliphatic rings. The van der Waals surface area contributed by atoms with Gasteiger partial charge < -0.3 is 5.73 Å². The first kappa shape index (κ1) is 9.20. The molecule has 1 atom stereocenters. The van der Waals surface area contributed by atoms with Crippen LogP contribution in [0.4, 0.5) is 0 Å². The molecular formula is C10H16N2. The molecule has 0 saturated carbocycles. The lowest BCUT2D eigenvalue weighted by atomic mass is 10.1. The largest absolute Gasteiger partial charge is 0.324 e. The van der Waals surface area contributed by atoms with Gasteiger partial charge in [0, 0.05) is 17.4 Å². The fourth-order valence-corrected chi connectivity index (χ4v) is 1.21. The van der Waals surface area contributed by atoms with E-state index in [0.717, 1.165) is 17.8 Å². The fourth-order valence-electron chi connectivity index (χ4n) is 1.21. The Labute approximate surface area is 73.8 Å². The lowest BCUT2D eigenvalue weighted by Gasteiger charge is -2.08. The van der Waals surface area contributed by atoms with Gasteiger partial charge in [0.25, 0.3) is 0 Å². The number of aromatic nitrogens is 1. The van der Waals surface area contributed by atoms with Gasteiger partial charge in [-0.3, -0.25) is 4.98 Å². The summed E-state index contributed by atoms with van der Waals surface area (Å²) < 4.78 is 0. The Morgan fingerprint density at radius 3 is 2.67 bits per heavy atom. The molecule has 0 amide bonds. The van der Waals surface area contributed by atoms with Gasteiger partial charge in [-0.25, -0.2) is 0 Å². The normalized spacial score (nSPS) is 13.0. The van der Waals surface area contributed by atoms with Crippen molar-refractivity contribution < 1.29 is 0 Å². The number of aryl methyl sites for hydroxylation is 2. The minimum atomic E-state index is 0.108. The van der Waals surface area contributed by atoms with Crippen molar-refractivity contribution in [1.82, 2.24) is 4.98 Å². The minimum absolute atomic E-state index is 0.108. The van der Waals surface area contributed by atoms with Gasteiger partial charge in [-0.05, 0) is 38.0 Å². The molecule has 0 radical (unpaired) electrons. The molecule has 2 N–H and O–H groups in total. The molecule has 0 bridgehead atoms. The maximum atomic E-state index is 5.78. The third-order valence-corrected chi connectivity index (χ3v) is 1.92. The Balaban J connectivity index is 3.06. The quantitative estimate of drug-likeness (QED) is 0.725. The molecule has 0 saturated heterocycles. The maximum Gasteiger partial charge on any atom is 0.0407 e. The summed E-state index contributed by atoms with van der Waals surface area (Å²) in [7, 11) is 0. The summed E-state index contributed by atoms with van der Waals surface area (Å²) in [5.74, 6) is 0. The highest BCUT2D eigenvalue weighted by molar-refractivity contribution is 5.23. The van der Waals surface area contributed by atoms with Crippen LogP contribution in [0.3, 0.4) is 0 Å². The molecule has 0 aromatic carbocycles. The van der Waals surface area contributed by atoms with Crippen LogP contribution in [0.15, 0.2) is 12.1 Å². The Morgan fingerprint density at radius 1 is 1.50 bits per heavy atom. The van der Waals surface area contributed by atoms with Crippen LogP contribution in [0.5, 0.6) is 0 Å². The van der Waals surface area contributed by atoms with Gasteiger partial charge >= 0.3 is 0 Å². The van der Waals surface area contributed by atoms with E-state index in [9.17, 15) is 0 Å². The van der Waals surface area contributed by atoms with Crippen LogP contribution >= 0.6 is 0 Å². The van der Waals surface area contributed by atoms with Crippen molar-refractivity contribution in [2.75, 3.05) is 0 Å². The molecule has 2 heteroatoms. The van der Waals surface area contributed by atoms with Crippen molar-refractivity contribution in [3.05, 3.63) is 29.1 Å². The Morgan fingerprint density at radius 2 is 2.17 bits per heavy atom. The Hall–Kier alpha value is -0.890. The highest BCUT2D eigenvalue weighted by Crippen LogP contribution is 2.12. The number of rotatable bonds is 2. The summed E-state index contributed by atoms with van der Waals surface area (Å²) in [4.78, 5) is 4.38. The molecule has 0 aliphatic carbocycles. The van der Waals surface area contributed by atoms with Crippen LogP contribution in [-0.2, 0) is 6.42 Å². The number of hydrogen-bond donors (Lipinski definition) is 1. The van der Waals surface area contributed by atoms with Crippen molar-refractivity contribution in [3.63, 3.8) is 0 Å². The molecule has 0 fully saturated rings. The lowest BCUT2D eigenvalue weighted by Crippen LogP contribution is -2.06. The van der Waals surface area contributed by atoms with Crippen LogP contribution in [0.1, 0.15) is 36.8 Å². The molecule has 2 nitrogen and oxygen atoms in total. The van der Waals surface area contributed by atoms with Gasteiger partial charge in [0.05, 0.1) is 0 Å². The van der Waals surface area contributed by atoms with Crippen molar-refractivity contribution in [2.45, 2.75) is 33.2 Å². The van der Waals surface area contributed by atoms with Crippen molar-refractivity contribution in [3.8, 4) is 0 Å². The monoisotopic (exact) mass is 164 g/mol. The van der Waals surface area contributed by atoms with Gasteiger partial charge in [-0.1, -0.05) is 6.92 Å². The standard InChI is InChI=1S/C10H16N2/c1-4-10-6-9(8(3)11)5-7(2)12-10/h5-6,8H,4,11H2,1-3H3. The summed E-state index contributed by atoms with van der Waals surface area (Å²) in [6.45, 7) is 6.10. The average Bonchev–Trinajstić information content (AvgIpc) is 2.03. The second-order valence-corrected chi connectivity index (χ2v) is 3.18. The van der Waals surface area contributed by atoms with Crippen molar-refractivity contribution >= 4 is 0 Å². The predicted molar refractivity (Wildman–Crippen MR) is 51.0 cm³/mol. The number of nitrogens with zero attached hydrogens (tertiary/aromatic N) is 1. The highest BCUT2D eigenvalue weighted by Gasteiger charge is 2.02. The molecule has 1 unspecified atom stereocenters. The molecule has 1 aromatic heterocycles. The van der Waals surface area contributed by atoms with E-state index in [2.05, 4.69) is 18.0 Å². The first-order chi connectivity index (χ1) is 5.63. The summed E-state index contributed by atoms with van der Waals surface area (Å²) in [6, 6.07) is 4.23. The van der Waals surface area contributed by atoms with E-state index < -0.39 is 0 Å². The Kier molecular flexibility index (Phi) is 2.82. The zero-order valence-electron chi connectivity index (χ0n) is 7.96. The second-order valence-electron chi connectivity index (χ2n) is 3.18. The SMILES string of the molecule is CCc1cc(C(C)N)cc(C)n1. The smallest absolute Gasteiger partial charge is 0.0407 e. The molecule has 0 aliphatic heterocycles. The van der Waals surface area contributed by atoms with E-state index in [4.69, 9.17) is 5.73 Å². The number of nitrogens with two attached hydrogens (primary N) is 1. The van der Waals surface area contributed by atoms with Gasteiger partial charge in [-0.2, -0.15) is 0 Å². The molecular weight excluding hydrogens is 148 g/mol. The number of pyridine rings is 1. The minimum Gasteiger partial charge on any atom is -0.324 e. The van der Waals surface area contributed by atoms with Crippen molar-refractivity contribution in [2.24, 2.45) is 5.73 Å². The lowest BCUT2D eigenvalue weighted by molar-refractivity contribution is 0.805.